The number of nitrogens with zero attached hydrogens (tertiary/aromatic N) is 1. The minimum absolute atomic E-state index is 0.127. The number of hydrogen-bond donors (Lipinski definition) is 2. The first kappa shape index (κ1) is 9.28. The van der Waals surface area contributed by atoms with E-state index in [4.69, 9.17) is 9.84 Å². The van der Waals surface area contributed by atoms with Crippen LogP contribution in [-0.2, 0) is 4.74 Å². The van der Waals surface area contributed by atoms with Gasteiger partial charge in [-0.1, -0.05) is 0 Å². The van der Waals surface area contributed by atoms with E-state index in [0.29, 0.717) is 26.2 Å². The van der Waals surface area contributed by atoms with Crippen LogP contribution in [0.15, 0.2) is 0 Å². The highest BCUT2D eigenvalue weighted by atomic mass is 16.5. The fraction of sp³-hybridized carbons (Fsp3) is 0.857. The number of urea groups is 1. The van der Waals surface area contributed by atoms with Gasteiger partial charge in [0.05, 0.1) is 25.8 Å². The average molecular weight is 174 g/mol. The third-order valence-corrected chi connectivity index (χ3v) is 1.73. The van der Waals surface area contributed by atoms with Crippen molar-refractivity contribution in [3.05, 3.63) is 0 Å². The predicted molar refractivity (Wildman–Crippen MR) is 42.9 cm³/mol. The van der Waals surface area contributed by atoms with E-state index in [-0.39, 0.29) is 12.1 Å². The number of nitrogens with one attached hydrogen (secondary N) is 1. The molecule has 0 aromatic rings. The minimum atomic E-state index is -0.335. The topological polar surface area (TPSA) is 61.8 Å². The molecule has 0 unspecified atom stereocenters. The molecule has 1 aliphatic heterocycles. The Morgan fingerprint density at radius 1 is 1.75 bits per heavy atom. The van der Waals surface area contributed by atoms with Crippen molar-refractivity contribution < 1.29 is 14.6 Å². The van der Waals surface area contributed by atoms with E-state index in [2.05, 4.69) is 5.32 Å². The normalized spacial score (nSPS) is 17.3. The summed E-state index contributed by atoms with van der Waals surface area (Å²) in [5.41, 5.74) is 0. The van der Waals surface area contributed by atoms with Crippen LogP contribution in [0.4, 0.5) is 4.79 Å². The van der Waals surface area contributed by atoms with E-state index in [1.54, 1.807) is 12.0 Å². The maximum Gasteiger partial charge on any atom is 0.317 e. The zero-order valence-electron chi connectivity index (χ0n) is 7.12. The van der Waals surface area contributed by atoms with Crippen LogP contribution in [-0.4, -0.2) is 55.5 Å². The molecule has 12 heavy (non-hydrogen) atoms. The van der Waals surface area contributed by atoms with E-state index >= 15 is 0 Å². The molecule has 0 aromatic carbocycles. The minimum Gasteiger partial charge on any atom is -0.389 e. The molecule has 0 aromatic heterocycles. The van der Waals surface area contributed by atoms with Gasteiger partial charge in [0, 0.05) is 13.7 Å². The van der Waals surface area contributed by atoms with Gasteiger partial charge in [-0.25, -0.2) is 4.79 Å². The second kappa shape index (κ2) is 4.27. The Balaban J connectivity index is 2.04. The third kappa shape index (κ3) is 2.35. The number of ether oxygens (including phenoxy) is 1. The Morgan fingerprint density at radius 2 is 2.42 bits per heavy atom. The predicted octanol–water partition coefficient (Wildman–Crippen LogP) is -0.981. The molecule has 1 heterocycles. The quantitative estimate of drug-likeness (QED) is 0.540. The first-order valence-electron chi connectivity index (χ1n) is 3.94. The molecule has 70 valence electrons. The van der Waals surface area contributed by atoms with Crippen LogP contribution in [0.1, 0.15) is 0 Å². The Hall–Kier alpha value is -0.810. The summed E-state index contributed by atoms with van der Waals surface area (Å²) in [4.78, 5) is 12.6. The molecule has 1 fully saturated rings. The van der Waals surface area contributed by atoms with Gasteiger partial charge in [0.15, 0.2) is 0 Å². The lowest BCUT2D eigenvalue weighted by Gasteiger charge is -2.35. The summed E-state index contributed by atoms with van der Waals surface area (Å²) in [5.74, 6) is 0. The van der Waals surface area contributed by atoms with Crippen LogP contribution in [0.3, 0.4) is 0 Å². The summed E-state index contributed by atoms with van der Waals surface area (Å²) in [5, 5.41) is 11.5. The number of aliphatic hydroxyl groups is 1. The molecule has 5 heteroatoms. The Kier molecular flexibility index (Phi) is 3.31. The zero-order chi connectivity index (χ0) is 8.97. The largest absolute Gasteiger partial charge is 0.389 e. The Labute approximate surface area is 71.3 Å². The highest BCUT2D eigenvalue weighted by Gasteiger charge is 2.28. The molecule has 0 saturated carbocycles. The number of β-amino-alcohol motifs (C(OH)–C–C–N with tert-alkyl or cyclic N) is 1. The highest BCUT2D eigenvalue weighted by molar-refractivity contribution is 5.75. The molecule has 1 aliphatic rings. The maximum atomic E-state index is 11.1. The van der Waals surface area contributed by atoms with Crippen molar-refractivity contribution in [2.75, 3.05) is 33.4 Å². The van der Waals surface area contributed by atoms with E-state index in [0.717, 1.165) is 0 Å². The van der Waals surface area contributed by atoms with Gasteiger partial charge in [0.2, 0.25) is 0 Å². The summed E-state index contributed by atoms with van der Waals surface area (Å²) in [6, 6.07) is -0.127. The number of hydrogen-bond acceptors (Lipinski definition) is 3. The summed E-state index contributed by atoms with van der Waals surface area (Å²) < 4.78 is 4.76. The number of rotatable bonds is 3. The summed E-state index contributed by atoms with van der Waals surface area (Å²) in [7, 11) is 1.58. The molecule has 0 spiro atoms. The van der Waals surface area contributed by atoms with Crippen molar-refractivity contribution in [1.29, 1.82) is 0 Å². The molecule has 0 atom stereocenters. The first-order chi connectivity index (χ1) is 5.74. The van der Waals surface area contributed by atoms with Gasteiger partial charge < -0.3 is 20.1 Å². The Bertz CT molecular complexity index is 157. The summed E-state index contributed by atoms with van der Waals surface area (Å²) in [6.45, 7) is 1.92. The molecule has 0 radical (unpaired) electrons. The van der Waals surface area contributed by atoms with Crippen molar-refractivity contribution in [1.82, 2.24) is 10.2 Å². The summed E-state index contributed by atoms with van der Waals surface area (Å²) in [6.07, 6.45) is -0.335. The molecule has 1 saturated heterocycles. The van der Waals surface area contributed by atoms with Gasteiger partial charge >= 0.3 is 6.03 Å². The van der Waals surface area contributed by atoms with Crippen molar-refractivity contribution in [2.24, 2.45) is 0 Å². The second-order valence-corrected chi connectivity index (χ2v) is 2.78. The molecule has 1 rings (SSSR count). The average Bonchev–Trinajstić information content (AvgIpc) is 1.99. The molecule has 2 amide bonds. The fourth-order valence-corrected chi connectivity index (χ4v) is 0.993. The number of carbonyl (C=O) groups excluding carboxylic acids is 1. The van der Waals surface area contributed by atoms with Gasteiger partial charge in [0.1, 0.15) is 0 Å². The van der Waals surface area contributed by atoms with Crippen molar-refractivity contribution in [3.63, 3.8) is 0 Å². The molecular weight excluding hydrogens is 160 g/mol. The van der Waals surface area contributed by atoms with E-state index < -0.39 is 0 Å². The SMILES string of the molecule is COCCNC(=O)N1CC(O)C1. The maximum absolute atomic E-state index is 11.1. The standard InChI is InChI=1S/C7H14N2O3/c1-12-3-2-8-7(11)9-4-6(10)5-9/h6,10H,2-5H2,1H3,(H,8,11). The third-order valence-electron chi connectivity index (χ3n) is 1.73. The summed E-state index contributed by atoms with van der Waals surface area (Å²) >= 11 is 0. The van der Waals surface area contributed by atoms with Crippen LogP contribution < -0.4 is 5.32 Å². The molecule has 2 N–H and O–H groups in total. The fourth-order valence-electron chi connectivity index (χ4n) is 0.993. The van der Waals surface area contributed by atoms with E-state index in [1.165, 1.54) is 0 Å². The Morgan fingerprint density at radius 3 is 2.92 bits per heavy atom. The van der Waals surface area contributed by atoms with Crippen molar-refractivity contribution in [3.8, 4) is 0 Å². The molecule has 0 aliphatic carbocycles. The zero-order valence-corrected chi connectivity index (χ0v) is 7.12. The van der Waals surface area contributed by atoms with Gasteiger partial charge in [-0.2, -0.15) is 0 Å². The molecule has 5 nitrogen and oxygen atoms in total. The number of amides is 2. The van der Waals surface area contributed by atoms with Crippen molar-refractivity contribution in [2.45, 2.75) is 6.10 Å². The van der Waals surface area contributed by atoms with Crippen molar-refractivity contribution >= 4 is 6.03 Å². The number of methoxy groups -OCH3 is 1. The van der Waals surface area contributed by atoms with Gasteiger partial charge in [-0.15, -0.1) is 0 Å². The smallest absolute Gasteiger partial charge is 0.317 e. The number of likely N-dealkylation sites (tertiary alicyclic amines) is 1. The first-order valence-corrected chi connectivity index (χ1v) is 3.94. The second-order valence-electron chi connectivity index (χ2n) is 2.78. The van der Waals surface area contributed by atoms with E-state index in [9.17, 15) is 4.79 Å². The molecule has 0 bridgehead atoms. The van der Waals surface area contributed by atoms with E-state index in [1.807, 2.05) is 0 Å². The van der Waals surface area contributed by atoms with Crippen LogP contribution in [0.25, 0.3) is 0 Å². The van der Waals surface area contributed by atoms with Crippen LogP contribution in [0, 0.1) is 0 Å². The lowest BCUT2D eigenvalue weighted by Crippen LogP contribution is -2.56. The van der Waals surface area contributed by atoms with Gasteiger partial charge in [0.25, 0.3) is 0 Å². The number of aliphatic hydroxyl groups excluding tert-OH is 1. The van der Waals surface area contributed by atoms with Crippen LogP contribution >= 0.6 is 0 Å². The monoisotopic (exact) mass is 174 g/mol. The molecular formula is C7H14N2O3. The van der Waals surface area contributed by atoms with Gasteiger partial charge in [-0.3, -0.25) is 0 Å². The lowest BCUT2D eigenvalue weighted by molar-refractivity contribution is 0.0262. The van der Waals surface area contributed by atoms with Crippen LogP contribution in [0.2, 0.25) is 0 Å². The highest BCUT2D eigenvalue weighted by Crippen LogP contribution is 2.06. The lowest BCUT2D eigenvalue weighted by atomic mass is 10.2. The van der Waals surface area contributed by atoms with Crippen LogP contribution in [0.5, 0.6) is 0 Å². The number of carbonyl (C=O) groups is 1. The van der Waals surface area contributed by atoms with Gasteiger partial charge in [-0.05, 0) is 0 Å².